The van der Waals surface area contributed by atoms with Gasteiger partial charge < -0.3 is 15.5 Å². The van der Waals surface area contributed by atoms with Crippen LogP contribution < -0.4 is 11.1 Å². The molecule has 4 heteroatoms. The van der Waals surface area contributed by atoms with Crippen molar-refractivity contribution in [3.05, 3.63) is 24.2 Å². The highest BCUT2D eigenvalue weighted by molar-refractivity contribution is 5.79. The highest BCUT2D eigenvalue weighted by Crippen LogP contribution is 2.23. The summed E-state index contributed by atoms with van der Waals surface area (Å²) in [5.74, 6) is 1.22. The minimum atomic E-state index is 0.110. The van der Waals surface area contributed by atoms with E-state index in [1.165, 1.54) is 0 Å². The number of hydrogen-bond acceptors (Lipinski definition) is 3. The predicted molar refractivity (Wildman–Crippen MR) is 70.0 cm³/mol. The molecule has 1 amide bonds. The van der Waals surface area contributed by atoms with Gasteiger partial charge in [0.1, 0.15) is 5.76 Å². The fraction of sp³-hybridized carbons (Fsp3) is 0.643. The lowest BCUT2D eigenvalue weighted by molar-refractivity contribution is -0.126. The third-order valence-corrected chi connectivity index (χ3v) is 3.62. The van der Waals surface area contributed by atoms with E-state index in [1.54, 1.807) is 6.26 Å². The molecular weight excluding hydrogens is 228 g/mol. The van der Waals surface area contributed by atoms with Crippen LogP contribution in [0.4, 0.5) is 0 Å². The van der Waals surface area contributed by atoms with Crippen molar-refractivity contribution in [1.29, 1.82) is 0 Å². The Labute approximate surface area is 108 Å². The van der Waals surface area contributed by atoms with E-state index in [-0.39, 0.29) is 23.9 Å². The Morgan fingerprint density at radius 1 is 1.50 bits per heavy atom. The Balaban J connectivity index is 1.76. The van der Waals surface area contributed by atoms with E-state index < -0.39 is 0 Å². The van der Waals surface area contributed by atoms with Crippen molar-refractivity contribution < 1.29 is 9.21 Å². The number of nitrogens with one attached hydrogen (secondary N) is 1. The van der Waals surface area contributed by atoms with Gasteiger partial charge in [0.25, 0.3) is 0 Å². The molecular formula is C14H22N2O2. The Hall–Kier alpha value is -1.29. The highest BCUT2D eigenvalue weighted by atomic mass is 16.3. The van der Waals surface area contributed by atoms with Gasteiger partial charge in [0.15, 0.2) is 0 Å². The summed E-state index contributed by atoms with van der Waals surface area (Å²) >= 11 is 0. The van der Waals surface area contributed by atoms with Gasteiger partial charge in [0.2, 0.25) is 5.91 Å². The van der Waals surface area contributed by atoms with Crippen molar-refractivity contribution in [2.75, 3.05) is 0 Å². The molecule has 4 nitrogen and oxygen atoms in total. The minimum Gasteiger partial charge on any atom is -0.469 e. The van der Waals surface area contributed by atoms with E-state index in [1.807, 2.05) is 19.1 Å². The third kappa shape index (κ3) is 3.60. The number of nitrogens with two attached hydrogens (primary N) is 1. The standard InChI is InChI=1S/C14H22N2O2/c1-10(9-13-3-2-8-18-13)16-14(17)11-4-6-12(15)7-5-11/h2-3,8,10-12H,4-7,9,15H2,1H3,(H,16,17). The molecule has 1 heterocycles. The molecule has 0 bridgehead atoms. The van der Waals surface area contributed by atoms with Crippen molar-refractivity contribution in [3.8, 4) is 0 Å². The monoisotopic (exact) mass is 250 g/mol. The zero-order valence-corrected chi connectivity index (χ0v) is 10.9. The first-order valence-electron chi connectivity index (χ1n) is 6.73. The van der Waals surface area contributed by atoms with Crippen LogP contribution in [0.1, 0.15) is 38.4 Å². The average molecular weight is 250 g/mol. The number of rotatable bonds is 4. The van der Waals surface area contributed by atoms with E-state index in [2.05, 4.69) is 5.32 Å². The molecule has 0 radical (unpaired) electrons. The molecule has 0 aromatic carbocycles. The van der Waals surface area contributed by atoms with Gasteiger partial charge in [-0.25, -0.2) is 0 Å². The molecule has 18 heavy (non-hydrogen) atoms. The van der Waals surface area contributed by atoms with Gasteiger partial charge in [-0.15, -0.1) is 0 Å². The number of carbonyl (C=O) groups excluding carboxylic acids is 1. The molecule has 1 atom stereocenters. The molecule has 1 aromatic rings. The Morgan fingerprint density at radius 3 is 2.83 bits per heavy atom. The molecule has 1 fully saturated rings. The predicted octanol–water partition coefficient (Wildman–Crippen LogP) is 1.84. The number of carbonyl (C=O) groups is 1. The SMILES string of the molecule is CC(Cc1ccco1)NC(=O)C1CCC(N)CC1. The van der Waals surface area contributed by atoms with Crippen LogP contribution >= 0.6 is 0 Å². The van der Waals surface area contributed by atoms with Crippen molar-refractivity contribution >= 4 is 5.91 Å². The van der Waals surface area contributed by atoms with Crippen molar-refractivity contribution in [3.63, 3.8) is 0 Å². The number of furan rings is 1. The lowest BCUT2D eigenvalue weighted by Gasteiger charge is -2.26. The first kappa shape index (κ1) is 13.1. The van der Waals surface area contributed by atoms with Gasteiger partial charge in [-0.05, 0) is 44.7 Å². The summed E-state index contributed by atoms with van der Waals surface area (Å²) in [7, 11) is 0. The van der Waals surface area contributed by atoms with Gasteiger partial charge in [0, 0.05) is 24.4 Å². The molecule has 0 aliphatic heterocycles. The topological polar surface area (TPSA) is 68.3 Å². The summed E-state index contributed by atoms with van der Waals surface area (Å²) in [5.41, 5.74) is 5.84. The van der Waals surface area contributed by atoms with Crippen LogP contribution in [-0.2, 0) is 11.2 Å². The second-order valence-electron chi connectivity index (χ2n) is 5.30. The molecule has 1 saturated carbocycles. The molecule has 100 valence electrons. The Morgan fingerprint density at radius 2 is 2.22 bits per heavy atom. The number of amides is 1. The van der Waals surface area contributed by atoms with Gasteiger partial charge in [-0.2, -0.15) is 0 Å². The molecule has 0 saturated heterocycles. The van der Waals surface area contributed by atoms with Gasteiger partial charge >= 0.3 is 0 Å². The summed E-state index contributed by atoms with van der Waals surface area (Å²) in [6.07, 6.45) is 6.16. The second kappa shape index (κ2) is 6.05. The van der Waals surface area contributed by atoms with Crippen LogP contribution in [0.2, 0.25) is 0 Å². The summed E-state index contributed by atoms with van der Waals surface area (Å²) < 4.78 is 5.28. The van der Waals surface area contributed by atoms with Gasteiger partial charge in [0.05, 0.1) is 6.26 Å². The summed E-state index contributed by atoms with van der Waals surface area (Å²) in [5, 5.41) is 3.06. The molecule has 1 aliphatic rings. The maximum Gasteiger partial charge on any atom is 0.223 e. The van der Waals surface area contributed by atoms with Crippen molar-refractivity contribution in [2.24, 2.45) is 11.7 Å². The minimum absolute atomic E-state index is 0.110. The lowest BCUT2D eigenvalue weighted by atomic mass is 9.86. The quantitative estimate of drug-likeness (QED) is 0.856. The van der Waals surface area contributed by atoms with Gasteiger partial charge in [-0.1, -0.05) is 0 Å². The van der Waals surface area contributed by atoms with Crippen LogP contribution in [-0.4, -0.2) is 18.0 Å². The van der Waals surface area contributed by atoms with E-state index >= 15 is 0 Å². The van der Waals surface area contributed by atoms with Gasteiger partial charge in [-0.3, -0.25) is 4.79 Å². The molecule has 1 aliphatic carbocycles. The Bertz CT molecular complexity index is 367. The lowest BCUT2D eigenvalue weighted by Crippen LogP contribution is -2.41. The summed E-state index contributed by atoms with van der Waals surface area (Å²) in [4.78, 5) is 12.1. The Kier molecular flexibility index (Phi) is 4.42. The van der Waals surface area contributed by atoms with Crippen LogP contribution in [0.3, 0.4) is 0 Å². The van der Waals surface area contributed by atoms with E-state index in [0.29, 0.717) is 0 Å². The maximum absolute atomic E-state index is 12.1. The normalized spacial score (nSPS) is 25.7. The average Bonchev–Trinajstić information content (AvgIpc) is 2.82. The van der Waals surface area contributed by atoms with Crippen LogP contribution in [0.15, 0.2) is 22.8 Å². The third-order valence-electron chi connectivity index (χ3n) is 3.62. The zero-order valence-electron chi connectivity index (χ0n) is 10.9. The zero-order chi connectivity index (χ0) is 13.0. The number of hydrogen-bond donors (Lipinski definition) is 2. The molecule has 1 unspecified atom stereocenters. The molecule has 2 rings (SSSR count). The van der Waals surface area contributed by atoms with Crippen LogP contribution in [0.5, 0.6) is 0 Å². The fourth-order valence-electron chi connectivity index (χ4n) is 2.52. The van der Waals surface area contributed by atoms with Crippen molar-refractivity contribution in [1.82, 2.24) is 5.32 Å². The molecule has 3 N–H and O–H groups in total. The van der Waals surface area contributed by atoms with Crippen LogP contribution in [0, 0.1) is 5.92 Å². The molecule has 1 aromatic heterocycles. The second-order valence-corrected chi connectivity index (χ2v) is 5.30. The largest absolute Gasteiger partial charge is 0.469 e. The summed E-state index contributed by atoms with van der Waals surface area (Å²) in [6, 6.07) is 4.20. The summed E-state index contributed by atoms with van der Waals surface area (Å²) in [6.45, 7) is 2.01. The first-order chi connectivity index (χ1) is 8.65. The van der Waals surface area contributed by atoms with Crippen LogP contribution in [0.25, 0.3) is 0 Å². The van der Waals surface area contributed by atoms with E-state index in [9.17, 15) is 4.79 Å². The van der Waals surface area contributed by atoms with E-state index in [0.717, 1.165) is 37.9 Å². The fourth-order valence-corrected chi connectivity index (χ4v) is 2.52. The van der Waals surface area contributed by atoms with E-state index in [4.69, 9.17) is 10.2 Å². The highest BCUT2D eigenvalue weighted by Gasteiger charge is 2.25. The smallest absolute Gasteiger partial charge is 0.223 e. The van der Waals surface area contributed by atoms with Crippen molar-refractivity contribution in [2.45, 2.75) is 51.1 Å². The molecule has 0 spiro atoms. The first-order valence-corrected chi connectivity index (χ1v) is 6.73. The maximum atomic E-state index is 12.1.